The fourth-order valence-electron chi connectivity index (χ4n) is 1.77. The fourth-order valence-corrected chi connectivity index (χ4v) is 1.77. The van der Waals surface area contributed by atoms with Crippen LogP contribution in [0.25, 0.3) is 0 Å². The summed E-state index contributed by atoms with van der Waals surface area (Å²) in [4.78, 5) is 4.36. The summed E-state index contributed by atoms with van der Waals surface area (Å²) in [6.45, 7) is 12.3. The largest absolute Gasteiger partial charge is 0.496 e. The first kappa shape index (κ1) is 15.2. The molecule has 0 spiro atoms. The number of aromatic nitrogens is 1. The van der Waals surface area contributed by atoms with Crippen molar-refractivity contribution in [3.05, 3.63) is 23.5 Å². The Labute approximate surface area is 110 Å². The lowest BCUT2D eigenvalue weighted by Gasteiger charge is -2.32. The third kappa shape index (κ3) is 2.43. The molecule has 0 radical (unpaired) electrons. The highest BCUT2D eigenvalue weighted by Gasteiger charge is 2.51. The molecule has 1 aromatic rings. The van der Waals surface area contributed by atoms with Crippen molar-refractivity contribution >= 4 is 12.6 Å². The summed E-state index contributed by atoms with van der Waals surface area (Å²) in [6.07, 6.45) is 1.84. The van der Waals surface area contributed by atoms with E-state index in [1.807, 2.05) is 13.1 Å². The maximum Gasteiger partial charge on any atom is 0.496 e. The monoisotopic (exact) mass is 250 g/mol. The van der Waals surface area contributed by atoms with Crippen LogP contribution in [0.1, 0.15) is 39.0 Å². The second-order valence-corrected chi connectivity index (χ2v) is 5.76. The van der Waals surface area contributed by atoms with Crippen LogP contribution in [-0.2, 0) is 9.31 Å². The molecule has 4 nitrogen and oxygen atoms in total. The topological polar surface area (TPSA) is 66.3 Å². The fraction of sp³-hybridized carbons (Fsp3) is 0.615. The highest BCUT2D eigenvalue weighted by molar-refractivity contribution is 6.62. The van der Waals surface area contributed by atoms with Gasteiger partial charge in [-0.25, -0.2) is 0 Å². The van der Waals surface area contributed by atoms with Crippen molar-refractivity contribution in [2.75, 3.05) is 0 Å². The van der Waals surface area contributed by atoms with Gasteiger partial charge in [0.25, 0.3) is 0 Å². The van der Waals surface area contributed by atoms with Gasteiger partial charge >= 0.3 is 7.12 Å². The minimum atomic E-state index is -0.313. The van der Waals surface area contributed by atoms with Crippen molar-refractivity contribution in [2.45, 2.75) is 52.7 Å². The van der Waals surface area contributed by atoms with Gasteiger partial charge in [0.1, 0.15) is 0 Å². The normalized spacial score (nSPS) is 20.7. The van der Waals surface area contributed by atoms with Gasteiger partial charge in [-0.2, -0.15) is 0 Å². The van der Waals surface area contributed by atoms with E-state index in [-0.39, 0.29) is 24.5 Å². The number of pyridine rings is 1. The van der Waals surface area contributed by atoms with Gasteiger partial charge in [0.05, 0.1) is 11.2 Å². The lowest BCUT2D eigenvalue weighted by molar-refractivity contribution is 0.00578. The van der Waals surface area contributed by atoms with Crippen LogP contribution in [0.5, 0.6) is 0 Å². The average Bonchev–Trinajstić information content (AvgIpc) is 2.41. The van der Waals surface area contributed by atoms with Gasteiger partial charge in [-0.05, 0) is 47.1 Å². The zero-order valence-corrected chi connectivity index (χ0v) is 12.2. The Morgan fingerprint density at radius 3 is 2.00 bits per heavy atom. The van der Waals surface area contributed by atoms with E-state index in [0.29, 0.717) is 0 Å². The highest BCUT2D eigenvalue weighted by Crippen LogP contribution is 2.36. The van der Waals surface area contributed by atoms with Gasteiger partial charge in [-0.1, -0.05) is 6.07 Å². The number of nitrogens with zero attached hydrogens (tertiary/aromatic N) is 1. The van der Waals surface area contributed by atoms with Crippen LogP contribution in [0.4, 0.5) is 0 Å². The zero-order chi connectivity index (χ0) is 12.8. The van der Waals surface area contributed by atoms with Crippen molar-refractivity contribution < 1.29 is 9.31 Å². The SMILES string of the molecule is Cc1cc(B2OC(C)(C)C(C)(C)O2)cnc1C.N. The van der Waals surface area contributed by atoms with Crippen molar-refractivity contribution in [1.82, 2.24) is 11.1 Å². The summed E-state index contributed by atoms with van der Waals surface area (Å²) in [6, 6.07) is 2.09. The van der Waals surface area contributed by atoms with E-state index >= 15 is 0 Å². The van der Waals surface area contributed by atoms with E-state index in [9.17, 15) is 0 Å². The predicted molar refractivity (Wildman–Crippen MR) is 74.4 cm³/mol. The molecule has 18 heavy (non-hydrogen) atoms. The third-order valence-corrected chi connectivity index (χ3v) is 3.89. The Kier molecular flexibility index (Phi) is 3.91. The Balaban J connectivity index is 0.00000162. The molecule has 100 valence electrons. The first-order valence-corrected chi connectivity index (χ1v) is 6.02. The van der Waals surface area contributed by atoms with E-state index in [1.165, 1.54) is 0 Å². The van der Waals surface area contributed by atoms with E-state index in [1.54, 1.807) is 0 Å². The van der Waals surface area contributed by atoms with Crippen LogP contribution in [0.3, 0.4) is 0 Å². The summed E-state index contributed by atoms with van der Waals surface area (Å²) in [7, 11) is -0.313. The van der Waals surface area contributed by atoms with Crippen LogP contribution >= 0.6 is 0 Å². The van der Waals surface area contributed by atoms with Gasteiger partial charge < -0.3 is 15.5 Å². The molecular formula is C13H23BN2O2. The van der Waals surface area contributed by atoms with E-state index in [4.69, 9.17) is 9.31 Å². The van der Waals surface area contributed by atoms with Crippen molar-refractivity contribution in [1.29, 1.82) is 0 Å². The third-order valence-electron chi connectivity index (χ3n) is 3.89. The lowest BCUT2D eigenvalue weighted by Crippen LogP contribution is -2.41. The van der Waals surface area contributed by atoms with Crippen LogP contribution in [0, 0.1) is 13.8 Å². The second-order valence-electron chi connectivity index (χ2n) is 5.76. The summed E-state index contributed by atoms with van der Waals surface area (Å²) >= 11 is 0. The molecule has 0 aliphatic carbocycles. The minimum Gasteiger partial charge on any atom is -0.399 e. The molecule has 1 aliphatic heterocycles. The summed E-state index contributed by atoms with van der Waals surface area (Å²) in [5.41, 5.74) is 2.61. The quantitative estimate of drug-likeness (QED) is 0.775. The predicted octanol–water partition coefficient (Wildman–Crippen LogP) is 2.16. The molecule has 1 aromatic heterocycles. The molecule has 3 N–H and O–H groups in total. The van der Waals surface area contributed by atoms with E-state index < -0.39 is 0 Å². The van der Waals surface area contributed by atoms with Gasteiger partial charge in [-0.3, -0.25) is 4.98 Å². The van der Waals surface area contributed by atoms with Crippen molar-refractivity contribution in [3.8, 4) is 0 Å². The Hall–Kier alpha value is -0.905. The molecule has 0 unspecified atom stereocenters. The summed E-state index contributed by atoms with van der Waals surface area (Å²) in [5.74, 6) is 0. The molecule has 2 rings (SSSR count). The maximum atomic E-state index is 5.98. The zero-order valence-electron chi connectivity index (χ0n) is 12.2. The van der Waals surface area contributed by atoms with E-state index in [0.717, 1.165) is 16.7 Å². The van der Waals surface area contributed by atoms with Gasteiger partial charge in [0, 0.05) is 17.4 Å². The molecule has 5 heteroatoms. The molecule has 2 heterocycles. The van der Waals surface area contributed by atoms with Gasteiger partial charge in [0.2, 0.25) is 0 Å². The number of hydrogen-bond acceptors (Lipinski definition) is 4. The standard InChI is InChI=1S/C13H20BNO2.H3N/c1-9-7-11(8-15-10(9)2)14-16-12(3,4)13(5,6)17-14;/h7-8H,1-6H3;1H3. The van der Waals surface area contributed by atoms with E-state index in [2.05, 4.69) is 45.7 Å². The van der Waals surface area contributed by atoms with Crippen LogP contribution in [0.15, 0.2) is 12.3 Å². The molecule has 0 saturated carbocycles. The van der Waals surface area contributed by atoms with Crippen molar-refractivity contribution in [2.24, 2.45) is 0 Å². The van der Waals surface area contributed by atoms with Crippen LogP contribution < -0.4 is 11.6 Å². The molecule has 0 amide bonds. The second kappa shape index (κ2) is 4.65. The Morgan fingerprint density at radius 1 is 1.06 bits per heavy atom. The smallest absolute Gasteiger partial charge is 0.399 e. The highest BCUT2D eigenvalue weighted by atomic mass is 16.7. The van der Waals surface area contributed by atoms with Gasteiger partial charge in [0.15, 0.2) is 0 Å². The molecule has 1 fully saturated rings. The number of rotatable bonds is 1. The van der Waals surface area contributed by atoms with Crippen molar-refractivity contribution in [3.63, 3.8) is 0 Å². The summed E-state index contributed by atoms with van der Waals surface area (Å²) < 4.78 is 12.0. The summed E-state index contributed by atoms with van der Waals surface area (Å²) in [5, 5.41) is 0. The lowest BCUT2D eigenvalue weighted by atomic mass is 9.79. The Morgan fingerprint density at radius 2 is 1.56 bits per heavy atom. The number of aryl methyl sites for hydroxylation is 2. The first-order valence-electron chi connectivity index (χ1n) is 6.02. The Bertz CT molecular complexity index is 431. The van der Waals surface area contributed by atoms with Crippen LogP contribution in [0.2, 0.25) is 0 Å². The average molecular weight is 250 g/mol. The molecule has 1 saturated heterocycles. The minimum absolute atomic E-state index is 0. The first-order chi connectivity index (χ1) is 7.73. The maximum absolute atomic E-state index is 5.98. The molecule has 1 aliphatic rings. The molecule has 0 bridgehead atoms. The molecule has 0 aromatic carbocycles. The molecule has 0 atom stereocenters. The van der Waals surface area contributed by atoms with Crippen LogP contribution in [-0.4, -0.2) is 23.3 Å². The van der Waals surface area contributed by atoms with Gasteiger partial charge in [-0.15, -0.1) is 0 Å². The molecular weight excluding hydrogens is 227 g/mol. The number of hydrogen-bond donors (Lipinski definition) is 1.